The van der Waals surface area contributed by atoms with Gasteiger partial charge in [0.1, 0.15) is 0 Å². The molecule has 2 aromatic carbocycles. The van der Waals surface area contributed by atoms with Crippen molar-refractivity contribution in [3.63, 3.8) is 0 Å². The van der Waals surface area contributed by atoms with Crippen LogP contribution in [0, 0.1) is 0 Å². The van der Waals surface area contributed by atoms with Crippen LogP contribution in [-0.4, -0.2) is 21.8 Å². The number of benzene rings is 2. The van der Waals surface area contributed by atoms with E-state index in [-0.39, 0.29) is 11.8 Å². The first kappa shape index (κ1) is 17.4. The van der Waals surface area contributed by atoms with Gasteiger partial charge in [-0.05, 0) is 42.5 Å². The Hall–Kier alpha value is -4.06. The summed E-state index contributed by atoms with van der Waals surface area (Å²) in [6.07, 6.45) is 4.77. The highest BCUT2D eigenvalue weighted by Crippen LogP contribution is 2.22. The number of rotatable bonds is 4. The Morgan fingerprint density at radius 3 is 2.36 bits per heavy atom. The van der Waals surface area contributed by atoms with E-state index < -0.39 is 0 Å². The minimum atomic E-state index is -0.288. The van der Waals surface area contributed by atoms with Gasteiger partial charge in [-0.1, -0.05) is 24.3 Å². The normalized spacial score (nSPS) is 10.4. The molecule has 6 heteroatoms. The molecule has 4 aromatic rings. The molecule has 2 aromatic heterocycles. The van der Waals surface area contributed by atoms with Gasteiger partial charge in [0.25, 0.3) is 11.8 Å². The van der Waals surface area contributed by atoms with E-state index in [2.05, 4.69) is 20.6 Å². The second-order valence-corrected chi connectivity index (χ2v) is 6.11. The molecule has 2 amide bonds. The monoisotopic (exact) mass is 368 g/mol. The average molecular weight is 368 g/mol. The van der Waals surface area contributed by atoms with Gasteiger partial charge in [-0.2, -0.15) is 0 Å². The van der Waals surface area contributed by atoms with E-state index in [1.807, 2.05) is 24.3 Å². The Morgan fingerprint density at radius 1 is 0.750 bits per heavy atom. The van der Waals surface area contributed by atoms with Crippen molar-refractivity contribution in [2.75, 3.05) is 10.6 Å². The van der Waals surface area contributed by atoms with Crippen molar-refractivity contribution in [1.29, 1.82) is 0 Å². The first-order valence-corrected chi connectivity index (χ1v) is 8.67. The summed E-state index contributed by atoms with van der Waals surface area (Å²) in [4.78, 5) is 33.3. The minimum absolute atomic E-state index is 0.282. The van der Waals surface area contributed by atoms with Crippen molar-refractivity contribution in [2.24, 2.45) is 0 Å². The molecular weight excluding hydrogens is 352 g/mol. The fraction of sp³-hybridized carbons (Fsp3) is 0. The maximum absolute atomic E-state index is 12.7. The number of nitrogens with zero attached hydrogens (tertiary/aromatic N) is 2. The molecule has 0 aliphatic heterocycles. The fourth-order valence-electron chi connectivity index (χ4n) is 2.84. The molecule has 0 unspecified atom stereocenters. The van der Waals surface area contributed by atoms with Gasteiger partial charge in [-0.25, -0.2) is 0 Å². The molecule has 136 valence electrons. The van der Waals surface area contributed by atoms with Crippen molar-refractivity contribution in [1.82, 2.24) is 9.97 Å². The summed E-state index contributed by atoms with van der Waals surface area (Å²) in [6.45, 7) is 0. The summed E-state index contributed by atoms with van der Waals surface area (Å²) in [6, 6.07) is 19.5. The summed E-state index contributed by atoms with van der Waals surface area (Å²) in [7, 11) is 0. The molecule has 0 bridgehead atoms. The molecule has 0 fully saturated rings. The molecule has 0 atom stereocenters. The molecule has 0 radical (unpaired) electrons. The summed E-state index contributed by atoms with van der Waals surface area (Å²) in [5.41, 5.74) is 2.75. The van der Waals surface area contributed by atoms with Crippen molar-refractivity contribution in [3.05, 3.63) is 96.4 Å². The van der Waals surface area contributed by atoms with Crippen molar-refractivity contribution in [3.8, 4) is 0 Å². The predicted molar refractivity (Wildman–Crippen MR) is 108 cm³/mol. The molecular formula is C22H16N4O2. The lowest BCUT2D eigenvalue weighted by molar-refractivity contribution is 0.101. The molecule has 2 heterocycles. The van der Waals surface area contributed by atoms with E-state index in [0.717, 1.165) is 10.9 Å². The largest absolute Gasteiger partial charge is 0.322 e. The van der Waals surface area contributed by atoms with Crippen molar-refractivity contribution >= 4 is 34.1 Å². The lowest BCUT2D eigenvalue weighted by atomic mass is 10.1. The third kappa shape index (κ3) is 3.71. The highest BCUT2D eigenvalue weighted by atomic mass is 16.2. The zero-order chi connectivity index (χ0) is 19.3. The highest BCUT2D eigenvalue weighted by Gasteiger charge is 2.11. The van der Waals surface area contributed by atoms with Gasteiger partial charge in [-0.15, -0.1) is 0 Å². The number of hydrogen-bond acceptors (Lipinski definition) is 4. The second kappa shape index (κ2) is 7.67. The van der Waals surface area contributed by atoms with Crippen LogP contribution in [0.25, 0.3) is 10.9 Å². The Morgan fingerprint density at radius 2 is 1.50 bits per heavy atom. The van der Waals surface area contributed by atoms with Crippen LogP contribution in [0.2, 0.25) is 0 Å². The number of hydrogen-bond donors (Lipinski definition) is 2. The summed E-state index contributed by atoms with van der Waals surface area (Å²) in [5, 5.41) is 6.61. The number of fused-ring (bicyclic) bond motifs is 1. The van der Waals surface area contributed by atoms with E-state index in [4.69, 9.17) is 0 Å². The van der Waals surface area contributed by atoms with Gasteiger partial charge in [-0.3, -0.25) is 19.6 Å². The number of anilines is 2. The first-order valence-electron chi connectivity index (χ1n) is 8.67. The standard InChI is InChI=1S/C22H16N4O2/c27-21(26-19-10-2-5-15-7-4-12-24-20(15)19)16-6-1-9-18(13-16)25-22(28)17-8-3-11-23-14-17/h1-14H,(H,25,28)(H,26,27). The van der Waals surface area contributed by atoms with Crippen LogP contribution < -0.4 is 10.6 Å². The number of pyridine rings is 2. The Balaban J connectivity index is 1.54. The van der Waals surface area contributed by atoms with Crippen LogP contribution in [0.3, 0.4) is 0 Å². The van der Waals surface area contributed by atoms with Gasteiger partial charge in [0, 0.05) is 35.2 Å². The van der Waals surface area contributed by atoms with Gasteiger partial charge < -0.3 is 10.6 Å². The second-order valence-electron chi connectivity index (χ2n) is 6.11. The highest BCUT2D eigenvalue weighted by molar-refractivity contribution is 6.09. The van der Waals surface area contributed by atoms with E-state index in [0.29, 0.717) is 22.5 Å². The molecule has 28 heavy (non-hydrogen) atoms. The number of para-hydroxylation sites is 1. The molecule has 6 nitrogen and oxygen atoms in total. The van der Waals surface area contributed by atoms with Crippen molar-refractivity contribution < 1.29 is 9.59 Å². The molecule has 0 saturated heterocycles. The lowest BCUT2D eigenvalue weighted by Gasteiger charge is -2.10. The number of nitrogens with one attached hydrogen (secondary N) is 2. The fourth-order valence-corrected chi connectivity index (χ4v) is 2.84. The minimum Gasteiger partial charge on any atom is -0.322 e. The van der Waals surface area contributed by atoms with E-state index in [1.165, 1.54) is 6.20 Å². The van der Waals surface area contributed by atoms with Crippen molar-refractivity contribution in [2.45, 2.75) is 0 Å². The number of aromatic nitrogens is 2. The van der Waals surface area contributed by atoms with Crippen LogP contribution in [0.1, 0.15) is 20.7 Å². The third-order valence-corrected chi connectivity index (χ3v) is 4.19. The van der Waals surface area contributed by atoms with Gasteiger partial charge in [0.2, 0.25) is 0 Å². The zero-order valence-electron chi connectivity index (χ0n) is 14.8. The average Bonchev–Trinajstić information content (AvgIpc) is 2.75. The lowest BCUT2D eigenvalue weighted by Crippen LogP contribution is -2.15. The number of carbonyl (C=O) groups is 2. The van der Waals surface area contributed by atoms with Gasteiger partial charge in [0.05, 0.1) is 16.8 Å². The SMILES string of the molecule is O=C(Nc1cccc(C(=O)Nc2cccc3cccnc23)c1)c1cccnc1. The van der Waals surface area contributed by atoms with Gasteiger partial charge >= 0.3 is 0 Å². The molecule has 0 spiro atoms. The predicted octanol–water partition coefficient (Wildman–Crippen LogP) is 4.13. The smallest absolute Gasteiger partial charge is 0.257 e. The number of carbonyl (C=O) groups excluding carboxylic acids is 2. The Labute approximate surface area is 161 Å². The van der Waals surface area contributed by atoms with E-state index in [1.54, 1.807) is 54.9 Å². The van der Waals surface area contributed by atoms with Crippen LogP contribution in [0.5, 0.6) is 0 Å². The molecule has 4 rings (SSSR count). The van der Waals surface area contributed by atoms with E-state index >= 15 is 0 Å². The van der Waals surface area contributed by atoms with E-state index in [9.17, 15) is 9.59 Å². The third-order valence-electron chi connectivity index (χ3n) is 4.19. The summed E-state index contributed by atoms with van der Waals surface area (Å²) in [5.74, 6) is -0.570. The van der Waals surface area contributed by atoms with Gasteiger partial charge in [0.15, 0.2) is 0 Å². The summed E-state index contributed by atoms with van der Waals surface area (Å²) < 4.78 is 0. The maximum Gasteiger partial charge on any atom is 0.257 e. The molecule has 2 N–H and O–H groups in total. The number of amides is 2. The first-order chi connectivity index (χ1) is 13.7. The quantitative estimate of drug-likeness (QED) is 0.567. The Bertz CT molecular complexity index is 1150. The van der Waals surface area contributed by atoms with Crippen LogP contribution >= 0.6 is 0 Å². The zero-order valence-corrected chi connectivity index (χ0v) is 14.8. The molecule has 0 saturated carbocycles. The molecule has 0 aliphatic rings. The maximum atomic E-state index is 12.7. The summed E-state index contributed by atoms with van der Waals surface area (Å²) >= 11 is 0. The van der Waals surface area contributed by atoms with Crippen LogP contribution in [-0.2, 0) is 0 Å². The molecule has 0 aliphatic carbocycles. The van der Waals surface area contributed by atoms with Crippen LogP contribution in [0.15, 0.2) is 85.3 Å². The Kier molecular flexibility index (Phi) is 4.76. The topological polar surface area (TPSA) is 84.0 Å². The van der Waals surface area contributed by atoms with Crippen LogP contribution in [0.4, 0.5) is 11.4 Å².